The highest BCUT2D eigenvalue weighted by atomic mass is 16.5. The molecule has 8 rings (SSSR count). The molecule has 0 fully saturated rings. The van der Waals surface area contributed by atoms with Crippen LogP contribution in [0.1, 0.15) is 41.7 Å². The van der Waals surface area contributed by atoms with E-state index in [9.17, 15) is 5.26 Å². The first-order chi connectivity index (χ1) is 22.5. The summed E-state index contributed by atoms with van der Waals surface area (Å²) in [7, 11) is 0. The van der Waals surface area contributed by atoms with Gasteiger partial charge in [0, 0.05) is 22.2 Å². The van der Waals surface area contributed by atoms with Gasteiger partial charge in [-0.1, -0.05) is 105 Å². The molecular formula is C42H33N3O. The molecule has 6 aromatic rings. The third-order valence-corrected chi connectivity index (χ3v) is 9.71. The van der Waals surface area contributed by atoms with Crippen molar-refractivity contribution < 1.29 is 4.74 Å². The Morgan fingerprint density at radius 1 is 0.587 bits per heavy atom. The van der Waals surface area contributed by atoms with E-state index in [0.29, 0.717) is 24.1 Å². The summed E-state index contributed by atoms with van der Waals surface area (Å²) in [6, 6.07) is 46.6. The molecule has 0 bridgehead atoms. The van der Waals surface area contributed by atoms with Crippen LogP contribution in [0.3, 0.4) is 0 Å². The van der Waals surface area contributed by atoms with E-state index in [1.54, 1.807) is 0 Å². The van der Waals surface area contributed by atoms with Crippen molar-refractivity contribution in [3.63, 3.8) is 0 Å². The molecule has 4 nitrogen and oxygen atoms in total. The summed E-state index contributed by atoms with van der Waals surface area (Å²) in [4.78, 5) is 2.43. The number of nitrogen functional groups attached to an aromatic ring is 1. The Bertz CT molecular complexity index is 2160. The van der Waals surface area contributed by atoms with Gasteiger partial charge in [0.25, 0.3) is 0 Å². The van der Waals surface area contributed by atoms with E-state index in [-0.39, 0.29) is 5.41 Å². The van der Waals surface area contributed by atoms with E-state index in [1.807, 2.05) is 42.5 Å². The minimum atomic E-state index is -0.159. The molecule has 6 aromatic carbocycles. The molecule has 222 valence electrons. The number of nitrogens with zero attached hydrogens (tertiary/aromatic N) is 2. The summed E-state index contributed by atoms with van der Waals surface area (Å²) < 4.78 is 6.79. The van der Waals surface area contributed by atoms with Gasteiger partial charge >= 0.3 is 0 Å². The predicted octanol–water partition coefficient (Wildman–Crippen LogP) is 10.5. The maximum atomic E-state index is 9.94. The topological polar surface area (TPSA) is 62.3 Å². The largest absolute Gasteiger partial charge is 0.456 e. The first-order valence-electron chi connectivity index (χ1n) is 15.8. The minimum Gasteiger partial charge on any atom is -0.456 e. The third-order valence-electron chi connectivity index (χ3n) is 9.71. The Balaban J connectivity index is 1.42. The van der Waals surface area contributed by atoms with Gasteiger partial charge in [0.2, 0.25) is 0 Å². The van der Waals surface area contributed by atoms with Gasteiger partial charge in [0.05, 0.1) is 22.6 Å². The molecule has 0 saturated carbocycles. The van der Waals surface area contributed by atoms with Crippen molar-refractivity contribution in [2.24, 2.45) is 0 Å². The van der Waals surface area contributed by atoms with Gasteiger partial charge in [-0.05, 0) is 82.6 Å². The van der Waals surface area contributed by atoms with Crippen molar-refractivity contribution >= 4 is 22.7 Å². The molecule has 2 heterocycles. The smallest absolute Gasteiger partial charge is 0.135 e. The molecule has 2 aliphatic heterocycles. The Labute approximate surface area is 270 Å². The molecule has 0 saturated heterocycles. The van der Waals surface area contributed by atoms with Gasteiger partial charge in [-0.15, -0.1) is 0 Å². The molecule has 0 aromatic heterocycles. The summed E-state index contributed by atoms with van der Waals surface area (Å²) >= 11 is 0. The van der Waals surface area contributed by atoms with Crippen LogP contribution in [0.15, 0.2) is 127 Å². The molecule has 0 spiro atoms. The summed E-state index contributed by atoms with van der Waals surface area (Å²) in [6.07, 6.45) is 1.36. The fraction of sp³-hybridized carbons (Fsp3) is 0.119. The lowest BCUT2D eigenvalue weighted by Crippen LogP contribution is -2.31. The Morgan fingerprint density at radius 3 is 1.72 bits per heavy atom. The number of nitrogens with two attached hydrogens (primary N) is 1. The number of anilines is 4. The number of hydrogen-bond acceptors (Lipinski definition) is 4. The molecule has 0 atom stereocenters. The predicted molar refractivity (Wildman–Crippen MR) is 187 cm³/mol. The fourth-order valence-corrected chi connectivity index (χ4v) is 7.44. The van der Waals surface area contributed by atoms with Gasteiger partial charge in [-0.3, -0.25) is 0 Å². The maximum absolute atomic E-state index is 9.94. The first-order valence-corrected chi connectivity index (χ1v) is 15.8. The van der Waals surface area contributed by atoms with Crippen molar-refractivity contribution in [3.05, 3.63) is 155 Å². The number of para-hydroxylation sites is 4. The van der Waals surface area contributed by atoms with Crippen LogP contribution >= 0.6 is 0 Å². The van der Waals surface area contributed by atoms with Crippen LogP contribution in [0.4, 0.5) is 22.7 Å². The second kappa shape index (κ2) is 10.7. The molecule has 46 heavy (non-hydrogen) atoms. The molecular weight excluding hydrogens is 562 g/mol. The Kier molecular flexibility index (Phi) is 6.44. The molecule has 0 aliphatic carbocycles. The third kappa shape index (κ3) is 4.20. The number of ether oxygens (including phenoxy) is 1. The van der Waals surface area contributed by atoms with Gasteiger partial charge in [-0.2, -0.15) is 5.26 Å². The van der Waals surface area contributed by atoms with Crippen molar-refractivity contribution in [3.8, 4) is 39.8 Å². The highest BCUT2D eigenvalue weighted by Crippen LogP contribution is 2.53. The summed E-state index contributed by atoms with van der Waals surface area (Å²) in [5.74, 6) is 1.54. The summed E-state index contributed by atoms with van der Waals surface area (Å²) in [5.41, 5.74) is 19.9. The van der Waals surface area contributed by atoms with Gasteiger partial charge in [0.1, 0.15) is 17.6 Å². The quantitative estimate of drug-likeness (QED) is 0.192. The van der Waals surface area contributed by atoms with E-state index in [2.05, 4.69) is 110 Å². The van der Waals surface area contributed by atoms with Crippen LogP contribution in [0, 0.1) is 11.3 Å². The van der Waals surface area contributed by atoms with Crippen molar-refractivity contribution in [1.82, 2.24) is 0 Å². The zero-order chi connectivity index (χ0) is 31.4. The molecule has 0 unspecified atom stereocenters. The minimum absolute atomic E-state index is 0.159. The van der Waals surface area contributed by atoms with Gasteiger partial charge in [0.15, 0.2) is 0 Å². The highest BCUT2D eigenvalue weighted by Gasteiger charge is 2.37. The van der Waals surface area contributed by atoms with Crippen molar-refractivity contribution in [1.29, 1.82) is 5.26 Å². The van der Waals surface area contributed by atoms with E-state index < -0.39 is 0 Å². The second-order valence-electron chi connectivity index (χ2n) is 12.6. The van der Waals surface area contributed by atoms with Crippen LogP contribution < -0.4 is 15.4 Å². The summed E-state index contributed by atoms with van der Waals surface area (Å²) in [6.45, 7) is 4.62. The van der Waals surface area contributed by atoms with E-state index in [0.717, 1.165) is 45.0 Å². The number of hydrogen-bond donors (Lipinski definition) is 1. The van der Waals surface area contributed by atoms with Crippen LogP contribution in [0.5, 0.6) is 11.5 Å². The number of benzene rings is 6. The molecule has 2 aliphatic rings. The monoisotopic (exact) mass is 595 g/mol. The average molecular weight is 596 g/mol. The summed E-state index contributed by atoms with van der Waals surface area (Å²) in [5, 5.41) is 9.94. The first kappa shape index (κ1) is 27.7. The maximum Gasteiger partial charge on any atom is 0.135 e. The Morgan fingerprint density at radius 2 is 1.09 bits per heavy atom. The lowest BCUT2D eigenvalue weighted by atomic mass is 9.73. The lowest BCUT2D eigenvalue weighted by molar-refractivity contribution is 0.486. The zero-order valence-corrected chi connectivity index (χ0v) is 25.9. The number of nitriles is 1. The van der Waals surface area contributed by atoms with Gasteiger partial charge in [-0.25, -0.2) is 0 Å². The van der Waals surface area contributed by atoms with E-state index in [4.69, 9.17) is 10.5 Å². The number of rotatable bonds is 1. The SMILES string of the molecule is CC1(C)c2ccccc2N(c2cccc3c2CCc2c(ccc(C#N)c2N)-c2ccccc2Oc2ccccc2-3)c2ccccc21. The van der Waals surface area contributed by atoms with Crippen molar-refractivity contribution in [2.75, 3.05) is 10.6 Å². The fourth-order valence-electron chi connectivity index (χ4n) is 7.44. The molecule has 0 amide bonds. The van der Waals surface area contributed by atoms with E-state index >= 15 is 0 Å². The molecule has 4 heteroatoms. The lowest BCUT2D eigenvalue weighted by Gasteiger charge is -2.42. The van der Waals surface area contributed by atoms with Crippen molar-refractivity contribution in [2.45, 2.75) is 32.1 Å². The number of fused-ring (bicyclic) bond motifs is 8. The van der Waals surface area contributed by atoms with Crippen LogP contribution in [-0.4, -0.2) is 0 Å². The standard InChI is InChI=1S/C42H33N3O/c1-42(2)34-15-5-7-17-37(34)45(38-18-8-6-16-35(38)42)36-19-11-14-28-30(36)24-25-33-29(23-22-27(26-43)41(33)44)32-13-4-10-21-40(32)46-39-20-9-3-12-31(28)39/h3-23H,24-25,44H2,1-2H3. The van der Waals surface area contributed by atoms with Gasteiger partial charge < -0.3 is 15.4 Å². The highest BCUT2D eigenvalue weighted by molar-refractivity contribution is 5.91. The Hall–Kier alpha value is -5.79. The van der Waals surface area contributed by atoms with E-state index in [1.165, 1.54) is 28.1 Å². The molecule has 0 radical (unpaired) electrons. The normalized spacial score (nSPS) is 14.1. The van der Waals surface area contributed by atoms with Crippen LogP contribution in [-0.2, 0) is 18.3 Å². The van der Waals surface area contributed by atoms with Crippen LogP contribution in [0.25, 0.3) is 22.3 Å². The molecule has 2 N–H and O–H groups in total. The average Bonchev–Trinajstić information content (AvgIpc) is 3.10. The zero-order valence-electron chi connectivity index (χ0n) is 25.9. The van der Waals surface area contributed by atoms with Crippen LogP contribution in [0.2, 0.25) is 0 Å². The second-order valence-corrected chi connectivity index (χ2v) is 12.6.